The lowest BCUT2D eigenvalue weighted by molar-refractivity contribution is -0.142. The first-order chi connectivity index (χ1) is 16.6. The molecule has 0 bridgehead atoms. The minimum Gasteiger partial charge on any atom is -0.493 e. The second-order valence-corrected chi connectivity index (χ2v) is 9.81. The Labute approximate surface area is 201 Å². The zero-order valence-corrected chi connectivity index (χ0v) is 19.6. The van der Waals surface area contributed by atoms with Crippen molar-refractivity contribution < 1.29 is 19.4 Å². The number of carboxylic acid groups (broad SMARTS) is 1. The van der Waals surface area contributed by atoms with Crippen molar-refractivity contribution in [3.63, 3.8) is 0 Å². The molecule has 3 aromatic rings. The number of benzene rings is 3. The number of carboxylic acids is 1. The zero-order valence-electron chi connectivity index (χ0n) is 19.6. The van der Waals surface area contributed by atoms with Gasteiger partial charge in [0.25, 0.3) is 0 Å². The highest BCUT2D eigenvalue weighted by atomic mass is 16.5. The monoisotopic (exact) mass is 456 g/mol. The number of hydrogen-bond acceptors (Lipinski definition) is 3. The molecule has 0 saturated heterocycles. The van der Waals surface area contributed by atoms with Crippen molar-refractivity contribution in [2.45, 2.75) is 44.6 Å². The van der Waals surface area contributed by atoms with Crippen LogP contribution in [0.4, 0.5) is 0 Å². The minimum absolute atomic E-state index is 0.0622. The molecule has 2 aliphatic rings. The van der Waals surface area contributed by atoms with Crippen LogP contribution < -0.4 is 9.47 Å². The summed E-state index contributed by atoms with van der Waals surface area (Å²) >= 11 is 0. The van der Waals surface area contributed by atoms with Gasteiger partial charge in [0.2, 0.25) is 0 Å². The number of hydrogen-bond donors (Lipinski definition) is 1. The summed E-state index contributed by atoms with van der Waals surface area (Å²) in [6.45, 7) is 2.48. The normalized spacial score (nSPS) is 21.2. The van der Waals surface area contributed by atoms with E-state index in [0.717, 1.165) is 48.3 Å². The molecule has 2 aliphatic carbocycles. The van der Waals surface area contributed by atoms with Crippen LogP contribution in [0.5, 0.6) is 11.5 Å². The maximum atomic E-state index is 11.6. The molecule has 176 valence electrons. The Morgan fingerprint density at radius 1 is 0.971 bits per heavy atom. The second kappa shape index (κ2) is 9.92. The molecule has 0 heterocycles. The highest BCUT2D eigenvalue weighted by Gasteiger charge is 2.38. The van der Waals surface area contributed by atoms with Gasteiger partial charge < -0.3 is 14.6 Å². The molecule has 5 rings (SSSR count). The van der Waals surface area contributed by atoms with Gasteiger partial charge in [-0.2, -0.15) is 0 Å². The second-order valence-electron chi connectivity index (χ2n) is 9.81. The molecular formula is C30H32O4. The molecule has 0 amide bonds. The van der Waals surface area contributed by atoms with Crippen molar-refractivity contribution in [2.24, 2.45) is 17.8 Å². The van der Waals surface area contributed by atoms with Crippen molar-refractivity contribution in [1.29, 1.82) is 0 Å². The summed E-state index contributed by atoms with van der Waals surface area (Å²) in [4.78, 5) is 11.6. The lowest BCUT2D eigenvalue weighted by Gasteiger charge is -2.35. The Bertz CT molecular complexity index is 1120. The van der Waals surface area contributed by atoms with Crippen molar-refractivity contribution in [1.82, 2.24) is 0 Å². The van der Waals surface area contributed by atoms with Crippen LogP contribution in [-0.4, -0.2) is 23.8 Å². The van der Waals surface area contributed by atoms with Crippen LogP contribution in [0.25, 0.3) is 11.1 Å². The fourth-order valence-electron chi connectivity index (χ4n) is 5.12. The van der Waals surface area contributed by atoms with E-state index in [-0.39, 0.29) is 17.9 Å². The Balaban J connectivity index is 1.15. The predicted molar refractivity (Wildman–Crippen MR) is 133 cm³/mol. The molecule has 4 nitrogen and oxygen atoms in total. The molecule has 3 aromatic carbocycles. The van der Waals surface area contributed by atoms with E-state index in [9.17, 15) is 9.90 Å². The lowest BCUT2D eigenvalue weighted by atomic mass is 9.82. The summed E-state index contributed by atoms with van der Waals surface area (Å²) < 4.78 is 12.5. The Morgan fingerprint density at radius 2 is 1.71 bits per heavy atom. The molecule has 4 heteroatoms. The molecule has 1 unspecified atom stereocenters. The molecule has 34 heavy (non-hydrogen) atoms. The number of carbonyl (C=O) groups is 1. The highest BCUT2D eigenvalue weighted by Crippen LogP contribution is 2.47. The number of aliphatic carboxylic acids is 1. The third-order valence-electron chi connectivity index (χ3n) is 7.24. The van der Waals surface area contributed by atoms with Crippen LogP contribution in [0.15, 0.2) is 78.9 Å². The molecule has 0 aromatic heterocycles. The molecular weight excluding hydrogens is 424 g/mol. The SMILES string of the molecule is C[C@H](C(=O)O)C(c1cccc(OCC2CC(Oc3ccccc3-c3ccccc3)C2)c1)C1CC1. The lowest BCUT2D eigenvalue weighted by Crippen LogP contribution is -2.37. The molecule has 0 radical (unpaired) electrons. The van der Waals surface area contributed by atoms with Gasteiger partial charge in [-0.05, 0) is 72.8 Å². The van der Waals surface area contributed by atoms with Gasteiger partial charge >= 0.3 is 5.97 Å². The molecule has 2 atom stereocenters. The molecule has 2 saturated carbocycles. The molecule has 1 N–H and O–H groups in total. The number of para-hydroxylation sites is 1. The van der Waals surface area contributed by atoms with E-state index < -0.39 is 5.97 Å². The Hall–Kier alpha value is -3.27. The number of rotatable bonds is 10. The summed E-state index contributed by atoms with van der Waals surface area (Å²) in [6.07, 6.45) is 4.39. The van der Waals surface area contributed by atoms with Gasteiger partial charge in [-0.25, -0.2) is 0 Å². The van der Waals surface area contributed by atoms with Crippen molar-refractivity contribution >= 4 is 5.97 Å². The summed E-state index contributed by atoms with van der Waals surface area (Å²) in [5.41, 5.74) is 3.38. The largest absolute Gasteiger partial charge is 0.493 e. The van der Waals surface area contributed by atoms with E-state index >= 15 is 0 Å². The van der Waals surface area contributed by atoms with Crippen LogP contribution in [0, 0.1) is 17.8 Å². The van der Waals surface area contributed by atoms with E-state index in [2.05, 4.69) is 18.2 Å². The Morgan fingerprint density at radius 3 is 2.44 bits per heavy atom. The first kappa shape index (κ1) is 22.5. The smallest absolute Gasteiger partial charge is 0.306 e. The molecule has 0 aliphatic heterocycles. The van der Waals surface area contributed by atoms with E-state index in [0.29, 0.717) is 18.4 Å². The van der Waals surface area contributed by atoms with Crippen LogP contribution >= 0.6 is 0 Å². The minimum atomic E-state index is -0.724. The third kappa shape index (κ3) is 5.11. The maximum absolute atomic E-state index is 11.6. The van der Waals surface area contributed by atoms with Gasteiger partial charge in [0.1, 0.15) is 11.5 Å². The quantitative estimate of drug-likeness (QED) is 0.364. The van der Waals surface area contributed by atoms with Gasteiger partial charge in [0.05, 0.1) is 18.6 Å². The Kier molecular flexibility index (Phi) is 6.57. The van der Waals surface area contributed by atoms with E-state index in [4.69, 9.17) is 9.47 Å². The topological polar surface area (TPSA) is 55.8 Å². The fourth-order valence-corrected chi connectivity index (χ4v) is 5.12. The van der Waals surface area contributed by atoms with Gasteiger partial charge in [0, 0.05) is 5.56 Å². The van der Waals surface area contributed by atoms with E-state index in [1.54, 1.807) is 0 Å². The van der Waals surface area contributed by atoms with Gasteiger partial charge in [-0.1, -0.05) is 67.6 Å². The van der Waals surface area contributed by atoms with Crippen molar-refractivity contribution in [3.05, 3.63) is 84.4 Å². The summed E-state index contributed by atoms with van der Waals surface area (Å²) in [7, 11) is 0. The average molecular weight is 457 g/mol. The van der Waals surface area contributed by atoms with Gasteiger partial charge in [0.15, 0.2) is 0 Å². The van der Waals surface area contributed by atoms with Crippen LogP contribution in [-0.2, 0) is 4.79 Å². The van der Waals surface area contributed by atoms with E-state index in [1.165, 1.54) is 5.56 Å². The third-order valence-corrected chi connectivity index (χ3v) is 7.24. The standard InChI is InChI=1S/C30H32O4/c1-20(30(31)32)29(23-14-15-23)24-10-7-11-25(18-24)33-19-21-16-26(17-21)34-28-13-6-5-12-27(28)22-8-3-2-4-9-22/h2-13,18,20-21,23,26,29H,14-17,19H2,1H3,(H,31,32)/t20-,21?,26?,29?/m0/s1. The van der Waals surface area contributed by atoms with Crippen LogP contribution in [0.3, 0.4) is 0 Å². The highest BCUT2D eigenvalue weighted by molar-refractivity contribution is 5.71. The van der Waals surface area contributed by atoms with Gasteiger partial charge in [-0.15, -0.1) is 0 Å². The first-order valence-corrected chi connectivity index (χ1v) is 12.3. The first-order valence-electron chi connectivity index (χ1n) is 12.3. The van der Waals surface area contributed by atoms with E-state index in [1.807, 2.05) is 67.6 Å². The van der Waals surface area contributed by atoms with Crippen molar-refractivity contribution in [3.8, 4) is 22.6 Å². The van der Waals surface area contributed by atoms with Crippen LogP contribution in [0.2, 0.25) is 0 Å². The van der Waals surface area contributed by atoms with Crippen molar-refractivity contribution in [2.75, 3.05) is 6.61 Å². The fraction of sp³-hybridized carbons (Fsp3) is 0.367. The number of ether oxygens (including phenoxy) is 2. The maximum Gasteiger partial charge on any atom is 0.306 e. The summed E-state index contributed by atoms with van der Waals surface area (Å²) in [5, 5.41) is 9.54. The molecule has 2 fully saturated rings. The average Bonchev–Trinajstić information content (AvgIpc) is 3.67. The van der Waals surface area contributed by atoms with Gasteiger partial charge in [-0.3, -0.25) is 4.79 Å². The van der Waals surface area contributed by atoms with Crippen LogP contribution in [0.1, 0.15) is 44.1 Å². The molecule has 0 spiro atoms. The predicted octanol–water partition coefficient (Wildman–Crippen LogP) is 6.80. The zero-order chi connectivity index (χ0) is 23.5. The summed E-state index contributed by atoms with van der Waals surface area (Å²) in [6, 6.07) is 26.6. The summed E-state index contributed by atoms with van der Waals surface area (Å²) in [5.74, 6) is 1.67.